The van der Waals surface area contributed by atoms with Crippen LogP contribution in [0.15, 0.2) is 27.4 Å². The first kappa shape index (κ1) is 16.8. The van der Waals surface area contributed by atoms with E-state index in [0.29, 0.717) is 12.8 Å². The van der Waals surface area contributed by atoms with Crippen LogP contribution in [0.25, 0.3) is 11.0 Å². The molecule has 1 aliphatic rings. The number of hydrogen-bond donors (Lipinski definition) is 3. The smallest absolute Gasteiger partial charge is 0.287 e. The van der Waals surface area contributed by atoms with E-state index in [1.54, 1.807) is 0 Å². The summed E-state index contributed by atoms with van der Waals surface area (Å²) in [5, 5.41) is 23.2. The van der Waals surface area contributed by atoms with Gasteiger partial charge in [-0.3, -0.25) is 9.59 Å². The zero-order chi connectivity index (χ0) is 17.3. The van der Waals surface area contributed by atoms with Gasteiger partial charge >= 0.3 is 0 Å². The summed E-state index contributed by atoms with van der Waals surface area (Å²) in [7, 11) is 0. The van der Waals surface area contributed by atoms with Gasteiger partial charge in [-0.1, -0.05) is 30.9 Å². The summed E-state index contributed by atoms with van der Waals surface area (Å²) < 4.78 is 5.36. The first-order valence-electron chi connectivity index (χ1n) is 7.85. The first-order chi connectivity index (χ1) is 11.4. The number of benzene rings is 1. The standard InChI is InChI=1S/C17H18ClNO5/c18-10-6-11-12(20)8-14(24-15(11)13(21)7-10)16(22)19-9-17(23)4-2-1-3-5-17/h6-8,21,23H,1-5,9H2,(H,19,22). The van der Waals surface area contributed by atoms with Gasteiger partial charge in [0, 0.05) is 23.7 Å². The average molecular weight is 352 g/mol. The Labute approximate surface area is 143 Å². The molecule has 128 valence electrons. The summed E-state index contributed by atoms with van der Waals surface area (Å²) in [6.07, 6.45) is 4.19. The Morgan fingerprint density at radius 2 is 1.96 bits per heavy atom. The molecule has 3 N–H and O–H groups in total. The van der Waals surface area contributed by atoms with Gasteiger partial charge in [-0.15, -0.1) is 0 Å². The summed E-state index contributed by atoms with van der Waals surface area (Å²) in [6, 6.07) is 3.66. The van der Waals surface area contributed by atoms with E-state index in [4.69, 9.17) is 16.0 Å². The molecule has 1 aromatic carbocycles. The molecule has 2 aromatic rings. The van der Waals surface area contributed by atoms with E-state index in [1.807, 2.05) is 0 Å². The molecule has 1 aromatic heterocycles. The molecule has 7 heteroatoms. The van der Waals surface area contributed by atoms with E-state index in [9.17, 15) is 19.8 Å². The second kappa shape index (κ2) is 6.45. The minimum atomic E-state index is -0.916. The summed E-state index contributed by atoms with van der Waals surface area (Å²) in [6.45, 7) is 0.0974. The van der Waals surface area contributed by atoms with E-state index in [-0.39, 0.29) is 34.0 Å². The van der Waals surface area contributed by atoms with Crippen molar-refractivity contribution in [3.8, 4) is 5.75 Å². The highest BCUT2D eigenvalue weighted by Crippen LogP contribution is 2.29. The third-order valence-corrected chi connectivity index (χ3v) is 4.58. The van der Waals surface area contributed by atoms with Crippen LogP contribution in [0.5, 0.6) is 5.75 Å². The van der Waals surface area contributed by atoms with Crippen LogP contribution in [-0.4, -0.2) is 28.3 Å². The SMILES string of the molecule is O=C(NCC1(O)CCCCC1)c1cc(=O)c2cc(Cl)cc(O)c2o1. The number of hydrogen-bond acceptors (Lipinski definition) is 5. The zero-order valence-corrected chi connectivity index (χ0v) is 13.7. The Bertz CT molecular complexity index is 839. The van der Waals surface area contributed by atoms with Crippen LogP contribution < -0.4 is 10.7 Å². The molecule has 3 rings (SSSR count). The molecule has 0 unspecified atom stereocenters. The van der Waals surface area contributed by atoms with Gasteiger partial charge in [0.15, 0.2) is 22.5 Å². The maximum Gasteiger partial charge on any atom is 0.287 e. The van der Waals surface area contributed by atoms with Gasteiger partial charge in [-0.05, 0) is 18.9 Å². The molecule has 1 amide bonds. The van der Waals surface area contributed by atoms with Crippen LogP contribution in [0.4, 0.5) is 0 Å². The fourth-order valence-electron chi connectivity index (χ4n) is 3.04. The second-order valence-electron chi connectivity index (χ2n) is 6.24. The molecule has 1 heterocycles. The fourth-order valence-corrected chi connectivity index (χ4v) is 3.25. The van der Waals surface area contributed by atoms with Crippen LogP contribution in [-0.2, 0) is 0 Å². The zero-order valence-electron chi connectivity index (χ0n) is 13.0. The van der Waals surface area contributed by atoms with Gasteiger partial charge in [0.05, 0.1) is 11.0 Å². The lowest BCUT2D eigenvalue weighted by Crippen LogP contribution is -2.44. The largest absolute Gasteiger partial charge is 0.504 e. The molecule has 0 spiro atoms. The van der Waals surface area contributed by atoms with Crippen molar-refractivity contribution in [3.05, 3.63) is 39.2 Å². The number of phenolic OH excluding ortho intramolecular Hbond substituents is 1. The number of aliphatic hydroxyl groups is 1. The van der Waals surface area contributed by atoms with Gasteiger partial charge < -0.3 is 19.9 Å². The molecular formula is C17H18ClNO5. The Kier molecular flexibility index (Phi) is 4.51. The monoisotopic (exact) mass is 351 g/mol. The number of amides is 1. The Hall–Kier alpha value is -2.05. The molecule has 1 fully saturated rings. The minimum Gasteiger partial charge on any atom is -0.504 e. The Balaban J connectivity index is 1.84. The third kappa shape index (κ3) is 3.39. The molecular weight excluding hydrogens is 334 g/mol. The Morgan fingerprint density at radius 3 is 2.67 bits per heavy atom. The molecule has 0 atom stereocenters. The lowest BCUT2D eigenvalue weighted by Gasteiger charge is -2.31. The topological polar surface area (TPSA) is 99.8 Å². The van der Waals surface area contributed by atoms with Crippen molar-refractivity contribution < 1.29 is 19.4 Å². The second-order valence-corrected chi connectivity index (χ2v) is 6.68. The van der Waals surface area contributed by atoms with Crippen molar-refractivity contribution in [2.24, 2.45) is 0 Å². The van der Waals surface area contributed by atoms with Crippen LogP contribution in [0.2, 0.25) is 5.02 Å². The summed E-state index contributed by atoms with van der Waals surface area (Å²) in [4.78, 5) is 24.4. The van der Waals surface area contributed by atoms with E-state index in [0.717, 1.165) is 25.3 Å². The number of rotatable bonds is 3. The first-order valence-corrected chi connectivity index (χ1v) is 8.23. The van der Waals surface area contributed by atoms with Crippen molar-refractivity contribution in [1.29, 1.82) is 0 Å². The number of halogens is 1. The van der Waals surface area contributed by atoms with E-state index < -0.39 is 16.9 Å². The van der Waals surface area contributed by atoms with Gasteiger partial charge in [0.2, 0.25) is 0 Å². The Morgan fingerprint density at radius 1 is 1.25 bits per heavy atom. The van der Waals surface area contributed by atoms with Gasteiger partial charge in [0.25, 0.3) is 5.91 Å². The minimum absolute atomic E-state index is 0.0894. The molecule has 6 nitrogen and oxygen atoms in total. The fraction of sp³-hybridized carbons (Fsp3) is 0.412. The molecule has 0 aliphatic heterocycles. The van der Waals surface area contributed by atoms with Crippen LogP contribution in [0.3, 0.4) is 0 Å². The van der Waals surface area contributed by atoms with Gasteiger partial charge in [0.1, 0.15) is 0 Å². The summed E-state index contributed by atoms with van der Waals surface area (Å²) >= 11 is 5.80. The summed E-state index contributed by atoms with van der Waals surface area (Å²) in [5.41, 5.74) is -1.48. The predicted molar refractivity (Wildman–Crippen MR) is 89.5 cm³/mol. The van der Waals surface area contributed by atoms with Crippen LogP contribution in [0, 0.1) is 0 Å². The lowest BCUT2D eigenvalue weighted by molar-refractivity contribution is 0.00503. The van der Waals surface area contributed by atoms with Crippen LogP contribution in [0.1, 0.15) is 42.7 Å². The lowest BCUT2D eigenvalue weighted by atomic mass is 9.85. The molecule has 0 saturated heterocycles. The highest BCUT2D eigenvalue weighted by molar-refractivity contribution is 6.31. The third-order valence-electron chi connectivity index (χ3n) is 4.36. The molecule has 24 heavy (non-hydrogen) atoms. The number of aromatic hydroxyl groups is 1. The average Bonchev–Trinajstić information content (AvgIpc) is 2.54. The van der Waals surface area contributed by atoms with Crippen molar-refractivity contribution in [2.75, 3.05) is 6.54 Å². The van der Waals surface area contributed by atoms with E-state index in [2.05, 4.69) is 5.32 Å². The maximum atomic E-state index is 12.2. The number of phenols is 1. The maximum absolute atomic E-state index is 12.2. The highest BCUT2D eigenvalue weighted by Gasteiger charge is 2.30. The van der Waals surface area contributed by atoms with Crippen molar-refractivity contribution in [3.63, 3.8) is 0 Å². The molecule has 1 aliphatic carbocycles. The van der Waals surface area contributed by atoms with Crippen molar-refractivity contribution >= 4 is 28.5 Å². The van der Waals surface area contributed by atoms with Gasteiger partial charge in [-0.2, -0.15) is 0 Å². The highest BCUT2D eigenvalue weighted by atomic mass is 35.5. The quantitative estimate of drug-likeness (QED) is 0.789. The normalized spacial score (nSPS) is 16.9. The molecule has 1 saturated carbocycles. The number of fused-ring (bicyclic) bond motifs is 1. The number of nitrogens with one attached hydrogen (secondary N) is 1. The van der Waals surface area contributed by atoms with E-state index >= 15 is 0 Å². The van der Waals surface area contributed by atoms with Crippen molar-refractivity contribution in [2.45, 2.75) is 37.7 Å². The van der Waals surface area contributed by atoms with Crippen molar-refractivity contribution in [1.82, 2.24) is 5.32 Å². The number of carbonyl (C=O) groups is 1. The molecule has 0 radical (unpaired) electrons. The van der Waals surface area contributed by atoms with Gasteiger partial charge in [-0.25, -0.2) is 0 Å². The molecule has 0 bridgehead atoms. The predicted octanol–water partition coefficient (Wildman–Crippen LogP) is 2.58. The van der Waals surface area contributed by atoms with Crippen LogP contribution >= 0.6 is 11.6 Å². The number of carbonyl (C=O) groups excluding carboxylic acids is 1. The van der Waals surface area contributed by atoms with E-state index in [1.165, 1.54) is 12.1 Å². The summed E-state index contributed by atoms with van der Waals surface area (Å²) in [5.74, 6) is -1.14.